The molecule has 2 N–H and O–H groups in total. The van der Waals surface area contributed by atoms with Crippen LogP contribution in [0.5, 0.6) is 0 Å². The van der Waals surface area contributed by atoms with Gasteiger partial charge in [0.2, 0.25) is 27.7 Å². The predicted octanol–water partition coefficient (Wildman–Crippen LogP) is -0.398. The third-order valence-corrected chi connectivity index (χ3v) is 6.63. The van der Waals surface area contributed by atoms with Crippen LogP contribution in [0.25, 0.3) is 0 Å². The molecule has 0 radical (unpaired) electrons. The maximum absolute atomic E-state index is 12.7. The summed E-state index contributed by atoms with van der Waals surface area (Å²) in [6.07, 6.45) is 8.59. The summed E-state index contributed by atoms with van der Waals surface area (Å²) < 4.78 is 24.6. The molecule has 10 heteroatoms. The summed E-state index contributed by atoms with van der Waals surface area (Å²) in [5.74, 6) is -1.36. The van der Waals surface area contributed by atoms with Crippen LogP contribution in [0.2, 0.25) is 0 Å². The van der Waals surface area contributed by atoms with Crippen LogP contribution in [0, 0.1) is 0 Å². The number of hydrogen-bond donors (Lipinski definition) is 2. The van der Waals surface area contributed by atoms with E-state index in [2.05, 4.69) is 16.7 Å². The fourth-order valence-electron chi connectivity index (χ4n) is 3.40. The minimum absolute atomic E-state index is 0.157. The number of likely N-dealkylation sites (N-methyl/N-ethyl adjacent to an activating group) is 1. The Kier molecular flexibility index (Phi) is 7.22. The van der Waals surface area contributed by atoms with E-state index in [0.29, 0.717) is 6.54 Å². The fourth-order valence-corrected chi connectivity index (χ4v) is 4.23. The largest absolute Gasteiger partial charge is 0.354 e. The molecule has 1 heterocycles. The molecule has 0 spiro atoms. The molecule has 2 aliphatic rings. The third-order valence-electron chi connectivity index (χ3n) is 5.43. The van der Waals surface area contributed by atoms with Crippen LogP contribution in [-0.2, 0) is 24.4 Å². The van der Waals surface area contributed by atoms with Gasteiger partial charge in [0.15, 0.2) is 0 Å². The molecule has 1 unspecified atom stereocenters. The topological polar surface area (TPSA) is 116 Å². The average Bonchev–Trinajstić information content (AvgIpc) is 2.63. The van der Waals surface area contributed by atoms with Crippen molar-refractivity contribution < 1.29 is 22.8 Å². The number of carbonyl (C=O) groups excluding carboxylic acids is 3. The van der Waals surface area contributed by atoms with Crippen molar-refractivity contribution in [3.63, 3.8) is 0 Å². The van der Waals surface area contributed by atoms with Gasteiger partial charge in [-0.15, -0.1) is 0 Å². The second kappa shape index (κ2) is 9.04. The molecule has 0 aromatic carbocycles. The Labute approximate surface area is 166 Å². The maximum Gasteiger partial charge on any atom is 0.247 e. The molecule has 0 saturated carbocycles. The number of nitrogens with one attached hydrogen (secondary N) is 2. The van der Waals surface area contributed by atoms with Crippen molar-refractivity contribution in [3.05, 3.63) is 11.6 Å². The van der Waals surface area contributed by atoms with Crippen LogP contribution >= 0.6 is 0 Å². The van der Waals surface area contributed by atoms with E-state index >= 15 is 0 Å². The lowest BCUT2D eigenvalue weighted by molar-refractivity contribution is -0.150. The highest BCUT2D eigenvalue weighted by molar-refractivity contribution is 7.88. The lowest BCUT2D eigenvalue weighted by Gasteiger charge is -2.44. The second-order valence-corrected chi connectivity index (χ2v) is 9.63. The monoisotopic (exact) mass is 414 g/mol. The Morgan fingerprint density at radius 3 is 2.57 bits per heavy atom. The summed E-state index contributed by atoms with van der Waals surface area (Å²) in [7, 11) is -2.16. The van der Waals surface area contributed by atoms with Gasteiger partial charge < -0.3 is 15.5 Å². The first-order chi connectivity index (χ1) is 13.0. The fraction of sp³-hybridized carbons (Fsp3) is 0.722. The first kappa shape index (κ1) is 22.4. The quantitative estimate of drug-likeness (QED) is 0.550. The molecule has 0 bridgehead atoms. The molecule has 1 saturated heterocycles. The Morgan fingerprint density at radius 1 is 1.25 bits per heavy atom. The summed E-state index contributed by atoms with van der Waals surface area (Å²) in [5.41, 5.74) is -0.0303. The minimum Gasteiger partial charge on any atom is -0.354 e. The zero-order valence-electron chi connectivity index (χ0n) is 16.8. The van der Waals surface area contributed by atoms with E-state index in [1.54, 1.807) is 0 Å². The molecule has 1 aliphatic carbocycles. The summed E-state index contributed by atoms with van der Waals surface area (Å²) in [5, 5.41) is 5.30. The highest BCUT2D eigenvalue weighted by Gasteiger charge is 2.47. The number of nitrogens with zero attached hydrogens (tertiary/aromatic N) is 2. The Hall–Kier alpha value is -1.94. The zero-order valence-corrected chi connectivity index (χ0v) is 17.6. The van der Waals surface area contributed by atoms with Crippen LogP contribution in [0.15, 0.2) is 11.6 Å². The van der Waals surface area contributed by atoms with Gasteiger partial charge >= 0.3 is 0 Å². The number of allylic oxidation sites excluding steroid dienone is 1. The normalized spacial score (nSPS) is 23.9. The van der Waals surface area contributed by atoms with E-state index in [1.807, 2.05) is 0 Å². The minimum atomic E-state index is -3.62. The van der Waals surface area contributed by atoms with E-state index < -0.39 is 27.4 Å². The second-order valence-electron chi connectivity index (χ2n) is 7.65. The van der Waals surface area contributed by atoms with Crippen molar-refractivity contribution in [2.24, 2.45) is 0 Å². The first-order valence-electron chi connectivity index (χ1n) is 9.49. The molecule has 1 fully saturated rings. The van der Waals surface area contributed by atoms with Crippen molar-refractivity contribution in [2.75, 3.05) is 39.5 Å². The molecule has 3 amide bonds. The Morgan fingerprint density at radius 2 is 1.96 bits per heavy atom. The number of rotatable bonds is 7. The van der Waals surface area contributed by atoms with Gasteiger partial charge in [-0.2, -0.15) is 4.31 Å². The van der Waals surface area contributed by atoms with E-state index in [9.17, 15) is 22.8 Å². The number of amides is 3. The van der Waals surface area contributed by atoms with Crippen molar-refractivity contribution in [3.8, 4) is 0 Å². The van der Waals surface area contributed by atoms with Gasteiger partial charge in [0.1, 0.15) is 5.54 Å². The van der Waals surface area contributed by atoms with Crippen LogP contribution in [0.1, 0.15) is 39.0 Å². The molecule has 2 rings (SSSR count). The van der Waals surface area contributed by atoms with Gasteiger partial charge in [-0.1, -0.05) is 11.6 Å². The predicted molar refractivity (Wildman–Crippen MR) is 105 cm³/mol. The maximum atomic E-state index is 12.7. The summed E-state index contributed by atoms with van der Waals surface area (Å²) in [6, 6.07) is 0. The smallest absolute Gasteiger partial charge is 0.247 e. The Balaban J connectivity index is 1.86. The van der Waals surface area contributed by atoms with Gasteiger partial charge in [-0.05, 0) is 39.0 Å². The highest BCUT2D eigenvalue weighted by atomic mass is 32.2. The SMILES string of the molecule is CN1C(=O)CN(S(C)(=O)=O)CC1(C)C(=O)NCC(=O)NCCC1=CCCCC1. The zero-order chi connectivity index (χ0) is 20.9. The molecule has 0 aromatic rings. The summed E-state index contributed by atoms with van der Waals surface area (Å²) in [6.45, 7) is 1.32. The molecule has 9 nitrogen and oxygen atoms in total. The molecular formula is C18H30N4O5S. The van der Waals surface area contributed by atoms with E-state index in [1.165, 1.54) is 37.3 Å². The van der Waals surface area contributed by atoms with Gasteiger partial charge in [-0.3, -0.25) is 14.4 Å². The first-order valence-corrected chi connectivity index (χ1v) is 11.3. The average molecular weight is 415 g/mol. The van der Waals surface area contributed by atoms with E-state index in [4.69, 9.17) is 0 Å². The lowest BCUT2D eigenvalue weighted by Crippen LogP contribution is -2.68. The van der Waals surface area contributed by atoms with Crippen LogP contribution in [-0.4, -0.2) is 80.4 Å². The van der Waals surface area contributed by atoms with Crippen LogP contribution < -0.4 is 10.6 Å². The molecule has 158 valence electrons. The number of sulfonamides is 1. The molecule has 1 atom stereocenters. The summed E-state index contributed by atoms with van der Waals surface area (Å²) >= 11 is 0. The van der Waals surface area contributed by atoms with Crippen LogP contribution in [0.3, 0.4) is 0 Å². The number of piperazine rings is 1. The molecule has 28 heavy (non-hydrogen) atoms. The van der Waals surface area contributed by atoms with E-state index in [0.717, 1.165) is 29.8 Å². The van der Waals surface area contributed by atoms with Gasteiger partial charge in [-0.25, -0.2) is 8.42 Å². The van der Waals surface area contributed by atoms with Crippen molar-refractivity contribution in [1.82, 2.24) is 19.8 Å². The van der Waals surface area contributed by atoms with Gasteiger partial charge in [0, 0.05) is 20.1 Å². The Bertz CT molecular complexity index is 764. The standard InChI is InChI=1S/C18H30N4O5S/c1-18(13-22(28(3,26)27)12-16(24)21(18)2)17(25)20-11-15(23)19-10-9-14-7-5-4-6-8-14/h7H,4-6,8-13H2,1-3H3,(H,19,23)(H,20,25). The van der Waals surface area contributed by atoms with Crippen molar-refractivity contribution >= 4 is 27.7 Å². The molecule has 0 aromatic heterocycles. The summed E-state index contributed by atoms with van der Waals surface area (Å²) in [4.78, 5) is 38.1. The molecule has 1 aliphatic heterocycles. The number of carbonyl (C=O) groups is 3. The number of hydrogen-bond acceptors (Lipinski definition) is 5. The molecular weight excluding hydrogens is 384 g/mol. The van der Waals surface area contributed by atoms with Gasteiger partial charge in [0.25, 0.3) is 0 Å². The van der Waals surface area contributed by atoms with Gasteiger partial charge in [0.05, 0.1) is 19.3 Å². The highest BCUT2D eigenvalue weighted by Crippen LogP contribution is 2.23. The van der Waals surface area contributed by atoms with Crippen LogP contribution in [0.4, 0.5) is 0 Å². The van der Waals surface area contributed by atoms with Crippen molar-refractivity contribution in [2.45, 2.75) is 44.6 Å². The third kappa shape index (κ3) is 5.54. The van der Waals surface area contributed by atoms with Crippen molar-refractivity contribution in [1.29, 1.82) is 0 Å². The lowest BCUT2D eigenvalue weighted by atomic mass is 9.96. The van der Waals surface area contributed by atoms with E-state index in [-0.39, 0.29) is 25.5 Å².